The van der Waals surface area contributed by atoms with E-state index in [4.69, 9.17) is 9.47 Å². The largest absolute Gasteiger partial charge is 0.468 e. The van der Waals surface area contributed by atoms with Gasteiger partial charge in [0.1, 0.15) is 5.75 Å². The van der Waals surface area contributed by atoms with Crippen LogP contribution in [0.25, 0.3) is 10.9 Å². The van der Waals surface area contributed by atoms with E-state index in [1.54, 1.807) is 7.11 Å². The molecule has 0 aliphatic rings. The number of H-pyrrole nitrogens is 1. The molecule has 0 saturated heterocycles. The van der Waals surface area contributed by atoms with Crippen molar-refractivity contribution in [2.24, 2.45) is 0 Å². The highest BCUT2D eigenvalue weighted by Crippen LogP contribution is 2.19. The molecular formula is C10H11NO2. The van der Waals surface area contributed by atoms with Crippen LogP contribution in [0.15, 0.2) is 30.5 Å². The predicted molar refractivity (Wildman–Crippen MR) is 50.8 cm³/mol. The molecule has 68 valence electrons. The SMILES string of the molecule is COCOc1ccc2[nH]ccc2c1. The van der Waals surface area contributed by atoms with E-state index in [-0.39, 0.29) is 6.79 Å². The summed E-state index contributed by atoms with van der Waals surface area (Å²) in [6, 6.07) is 7.89. The Labute approximate surface area is 76.3 Å². The maximum atomic E-state index is 5.30. The Kier molecular flexibility index (Phi) is 2.19. The monoisotopic (exact) mass is 177 g/mol. The minimum atomic E-state index is 0.288. The number of rotatable bonds is 3. The summed E-state index contributed by atoms with van der Waals surface area (Å²) < 4.78 is 10.1. The maximum absolute atomic E-state index is 5.30. The number of nitrogens with one attached hydrogen (secondary N) is 1. The summed E-state index contributed by atoms with van der Waals surface area (Å²) in [4.78, 5) is 3.12. The normalized spacial score (nSPS) is 10.5. The van der Waals surface area contributed by atoms with Gasteiger partial charge in [-0.1, -0.05) is 0 Å². The van der Waals surface area contributed by atoms with Crippen molar-refractivity contribution in [2.75, 3.05) is 13.9 Å². The standard InChI is InChI=1S/C10H11NO2/c1-12-7-13-9-2-3-10-8(6-9)4-5-11-10/h2-6,11H,7H2,1H3. The Morgan fingerprint density at radius 2 is 2.23 bits per heavy atom. The van der Waals surface area contributed by atoms with E-state index in [2.05, 4.69) is 4.98 Å². The van der Waals surface area contributed by atoms with Gasteiger partial charge in [0.15, 0.2) is 6.79 Å². The smallest absolute Gasteiger partial charge is 0.188 e. The number of fused-ring (bicyclic) bond motifs is 1. The number of ether oxygens (including phenoxy) is 2. The number of methoxy groups -OCH3 is 1. The zero-order valence-corrected chi connectivity index (χ0v) is 7.41. The van der Waals surface area contributed by atoms with Crippen molar-refractivity contribution < 1.29 is 9.47 Å². The molecule has 0 saturated carbocycles. The summed E-state index contributed by atoms with van der Waals surface area (Å²) in [6.07, 6.45) is 1.91. The van der Waals surface area contributed by atoms with E-state index in [1.165, 1.54) is 0 Å². The molecule has 2 rings (SSSR count). The van der Waals surface area contributed by atoms with E-state index in [1.807, 2.05) is 30.5 Å². The molecule has 13 heavy (non-hydrogen) atoms. The second-order valence-electron chi connectivity index (χ2n) is 2.78. The highest BCUT2D eigenvalue weighted by molar-refractivity contribution is 5.80. The van der Waals surface area contributed by atoms with Crippen LogP contribution in [-0.4, -0.2) is 18.9 Å². The van der Waals surface area contributed by atoms with Crippen molar-refractivity contribution >= 4 is 10.9 Å². The van der Waals surface area contributed by atoms with Crippen LogP contribution < -0.4 is 4.74 Å². The molecule has 1 aromatic carbocycles. The van der Waals surface area contributed by atoms with Crippen LogP contribution in [-0.2, 0) is 4.74 Å². The summed E-state index contributed by atoms with van der Waals surface area (Å²) in [6.45, 7) is 0.288. The van der Waals surface area contributed by atoms with Crippen LogP contribution in [0.4, 0.5) is 0 Å². The van der Waals surface area contributed by atoms with Crippen LogP contribution >= 0.6 is 0 Å². The lowest BCUT2D eigenvalue weighted by atomic mass is 10.2. The molecule has 1 N–H and O–H groups in total. The number of aromatic nitrogens is 1. The van der Waals surface area contributed by atoms with Crippen LogP contribution in [0.5, 0.6) is 5.75 Å². The molecule has 0 aliphatic carbocycles. The molecule has 1 heterocycles. The van der Waals surface area contributed by atoms with E-state index >= 15 is 0 Å². The molecule has 0 spiro atoms. The first-order valence-electron chi connectivity index (χ1n) is 4.09. The number of aromatic amines is 1. The second-order valence-corrected chi connectivity index (χ2v) is 2.78. The summed E-state index contributed by atoms with van der Waals surface area (Å²) in [7, 11) is 1.61. The van der Waals surface area contributed by atoms with Gasteiger partial charge in [0.25, 0.3) is 0 Å². The topological polar surface area (TPSA) is 34.2 Å². The van der Waals surface area contributed by atoms with Gasteiger partial charge < -0.3 is 14.5 Å². The van der Waals surface area contributed by atoms with E-state index in [0.29, 0.717) is 0 Å². The van der Waals surface area contributed by atoms with E-state index in [0.717, 1.165) is 16.7 Å². The predicted octanol–water partition coefficient (Wildman–Crippen LogP) is 2.15. The van der Waals surface area contributed by atoms with Crippen LogP contribution in [0.1, 0.15) is 0 Å². The van der Waals surface area contributed by atoms with E-state index in [9.17, 15) is 0 Å². The molecule has 0 amide bonds. The molecule has 1 aromatic heterocycles. The van der Waals surface area contributed by atoms with Gasteiger partial charge in [-0.2, -0.15) is 0 Å². The van der Waals surface area contributed by atoms with Crippen LogP contribution in [0, 0.1) is 0 Å². The van der Waals surface area contributed by atoms with Crippen molar-refractivity contribution in [3.63, 3.8) is 0 Å². The quantitative estimate of drug-likeness (QED) is 0.729. The van der Waals surface area contributed by atoms with Crippen molar-refractivity contribution in [2.45, 2.75) is 0 Å². The third-order valence-electron chi connectivity index (χ3n) is 1.87. The lowest BCUT2D eigenvalue weighted by Gasteiger charge is -2.03. The highest BCUT2D eigenvalue weighted by Gasteiger charge is 1.96. The Morgan fingerprint density at radius 3 is 3.08 bits per heavy atom. The average Bonchev–Trinajstić information content (AvgIpc) is 2.61. The fourth-order valence-electron chi connectivity index (χ4n) is 1.25. The first-order valence-corrected chi connectivity index (χ1v) is 4.09. The van der Waals surface area contributed by atoms with Gasteiger partial charge in [-0.25, -0.2) is 0 Å². The molecular weight excluding hydrogens is 166 g/mol. The summed E-state index contributed by atoms with van der Waals surface area (Å²) in [5.74, 6) is 0.828. The lowest BCUT2D eigenvalue weighted by molar-refractivity contribution is 0.0512. The zero-order chi connectivity index (χ0) is 9.10. The fraction of sp³-hybridized carbons (Fsp3) is 0.200. The molecule has 0 radical (unpaired) electrons. The van der Waals surface area contributed by atoms with Gasteiger partial charge in [-0.15, -0.1) is 0 Å². The first-order chi connectivity index (χ1) is 6.40. The van der Waals surface area contributed by atoms with Gasteiger partial charge in [-0.05, 0) is 24.3 Å². The molecule has 0 bridgehead atoms. The van der Waals surface area contributed by atoms with Crippen LogP contribution in [0.2, 0.25) is 0 Å². The minimum Gasteiger partial charge on any atom is -0.468 e. The number of benzene rings is 1. The molecule has 3 heteroatoms. The van der Waals surface area contributed by atoms with E-state index < -0.39 is 0 Å². The molecule has 3 nitrogen and oxygen atoms in total. The molecule has 0 atom stereocenters. The van der Waals surface area contributed by atoms with Gasteiger partial charge in [0, 0.05) is 24.2 Å². The molecule has 0 aliphatic heterocycles. The van der Waals surface area contributed by atoms with Crippen LogP contribution in [0.3, 0.4) is 0 Å². The number of hydrogen-bond donors (Lipinski definition) is 1. The Morgan fingerprint density at radius 1 is 1.31 bits per heavy atom. The zero-order valence-electron chi connectivity index (χ0n) is 7.41. The Bertz CT molecular complexity index is 394. The third-order valence-corrected chi connectivity index (χ3v) is 1.87. The fourth-order valence-corrected chi connectivity index (χ4v) is 1.25. The Hall–Kier alpha value is -1.48. The highest BCUT2D eigenvalue weighted by atomic mass is 16.7. The van der Waals surface area contributed by atoms with Crippen molar-refractivity contribution in [1.29, 1.82) is 0 Å². The van der Waals surface area contributed by atoms with Crippen molar-refractivity contribution in [3.8, 4) is 5.75 Å². The third kappa shape index (κ3) is 1.65. The molecule has 2 aromatic rings. The Balaban J connectivity index is 2.26. The summed E-state index contributed by atoms with van der Waals surface area (Å²) >= 11 is 0. The number of hydrogen-bond acceptors (Lipinski definition) is 2. The minimum absolute atomic E-state index is 0.288. The maximum Gasteiger partial charge on any atom is 0.188 e. The lowest BCUT2D eigenvalue weighted by Crippen LogP contribution is -1.98. The van der Waals surface area contributed by atoms with Gasteiger partial charge in [-0.3, -0.25) is 0 Å². The molecule has 0 unspecified atom stereocenters. The van der Waals surface area contributed by atoms with Crippen molar-refractivity contribution in [3.05, 3.63) is 30.5 Å². The van der Waals surface area contributed by atoms with Gasteiger partial charge in [0.2, 0.25) is 0 Å². The first kappa shape index (κ1) is 8.13. The van der Waals surface area contributed by atoms with Crippen molar-refractivity contribution in [1.82, 2.24) is 4.98 Å². The van der Waals surface area contributed by atoms with Gasteiger partial charge >= 0.3 is 0 Å². The molecule has 0 fully saturated rings. The second kappa shape index (κ2) is 3.49. The average molecular weight is 177 g/mol. The summed E-state index contributed by atoms with van der Waals surface area (Å²) in [5, 5.41) is 1.15. The summed E-state index contributed by atoms with van der Waals surface area (Å²) in [5.41, 5.74) is 1.12. The van der Waals surface area contributed by atoms with Gasteiger partial charge in [0.05, 0.1) is 0 Å².